The van der Waals surface area contributed by atoms with Crippen molar-refractivity contribution in [2.75, 3.05) is 13.7 Å². The number of hydrogen-bond donors (Lipinski definition) is 2. The summed E-state index contributed by atoms with van der Waals surface area (Å²) in [5, 5.41) is 21.2. The Morgan fingerprint density at radius 2 is 2.12 bits per heavy atom. The lowest BCUT2D eigenvalue weighted by Gasteiger charge is -2.15. The second-order valence-corrected chi connectivity index (χ2v) is 6.23. The van der Waals surface area contributed by atoms with Crippen molar-refractivity contribution < 1.29 is 14.6 Å². The quantitative estimate of drug-likeness (QED) is 0.857. The van der Waals surface area contributed by atoms with Gasteiger partial charge < -0.3 is 19.7 Å². The molecule has 0 aliphatic heterocycles. The monoisotopic (exact) mass is 330 g/mol. The molecule has 0 unspecified atom stereocenters. The molecule has 0 bridgehead atoms. The fourth-order valence-electron chi connectivity index (χ4n) is 3.26. The highest BCUT2D eigenvalue weighted by molar-refractivity contribution is 5.94. The topological polar surface area (TPSA) is 89.3 Å². The first kappa shape index (κ1) is 16.4. The van der Waals surface area contributed by atoms with Gasteiger partial charge in [-0.3, -0.25) is 4.79 Å². The summed E-state index contributed by atoms with van der Waals surface area (Å²) in [4.78, 5) is 12.2. The summed E-state index contributed by atoms with van der Waals surface area (Å²) in [5.41, 5.74) is 0.577. The summed E-state index contributed by atoms with van der Waals surface area (Å²) >= 11 is 0. The van der Waals surface area contributed by atoms with Crippen molar-refractivity contribution in [1.29, 1.82) is 0 Å². The Bertz CT molecular complexity index is 698. The number of aryl methyl sites for hydroxylation is 1. The van der Waals surface area contributed by atoms with E-state index >= 15 is 0 Å². The van der Waals surface area contributed by atoms with Gasteiger partial charge >= 0.3 is 0 Å². The van der Waals surface area contributed by atoms with E-state index in [1.807, 2.05) is 11.6 Å². The number of carbonyl (C=O) groups is 1. The predicted octanol–water partition coefficient (Wildman–Crippen LogP) is 1.11. The molecule has 128 valence electrons. The average Bonchev–Trinajstić information content (AvgIpc) is 3.18. The van der Waals surface area contributed by atoms with Crippen LogP contribution in [0.15, 0.2) is 30.6 Å². The molecule has 24 heavy (non-hydrogen) atoms. The van der Waals surface area contributed by atoms with Crippen LogP contribution < -0.4 is 10.1 Å². The van der Waals surface area contributed by atoms with Crippen LogP contribution in [0.4, 0.5) is 0 Å². The van der Waals surface area contributed by atoms with Gasteiger partial charge in [0.2, 0.25) is 0 Å². The van der Waals surface area contributed by atoms with E-state index in [-0.39, 0.29) is 17.7 Å². The number of aliphatic hydroxyl groups excluding tert-OH is 1. The lowest BCUT2D eigenvalue weighted by Crippen LogP contribution is -2.32. The van der Waals surface area contributed by atoms with Gasteiger partial charge in [-0.2, -0.15) is 0 Å². The molecule has 7 nitrogen and oxygen atoms in total. The van der Waals surface area contributed by atoms with Crippen molar-refractivity contribution >= 4 is 5.91 Å². The van der Waals surface area contributed by atoms with E-state index in [0.29, 0.717) is 24.3 Å². The number of methoxy groups -OCH3 is 1. The molecule has 3 rings (SSSR count). The molecular formula is C17H22N4O3. The van der Waals surface area contributed by atoms with Crippen LogP contribution in [0, 0.1) is 5.92 Å². The van der Waals surface area contributed by atoms with Crippen molar-refractivity contribution in [2.45, 2.75) is 24.9 Å². The third-order valence-corrected chi connectivity index (χ3v) is 4.65. The van der Waals surface area contributed by atoms with Gasteiger partial charge in [0.15, 0.2) is 0 Å². The maximum Gasteiger partial charge on any atom is 0.251 e. The van der Waals surface area contributed by atoms with Gasteiger partial charge in [-0.25, -0.2) is 0 Å². The average molecular weight is 330 g/mol. The molecule has 1 heterocycles. The smallest absolute Gasteiger partial charge is 0.251 e. The van der Waals surface area contributed by atoms with Crippen LogP contribution >= 0.6 is 0 Å². The minimum Gasteiger partial charge on any atom is -0.497 e. The Morgan fingerprint density at radius 1 is 1.38 bits per heavy atom. The number of ether oxygens (including phenoxy) is 1. The van der Waals surface area contributed by atoms with Crippen molar-refractivity contribution in [3.63, 3.8) is 0 Å². The number of hydrogen-bond acceptors (Lipinski definition) is 5. The lowest BCUT2D eigenvalue weighted by atomic mass is 10.0. The number of benzene rings is 1. The highest BCUT2D eigenvalue weighted by Crippen LogP contribution is 2.37. The number of amides is 1. The minimum atomic E-state index is -0.442. The Hall–Kier alpha value is -2.41. The first-order valence-electron chi connectivity index (χ1n) is 8.02. The van der Waals surface area contributed by atoms with Crippen LogP contribution in [-0.4, -0.2) is 45.5 Å². The summed E-state index contributed by atoms with van der Waals surface area (Å²) in [7, 11) is 3.49. The Labute approximate surface area is 140 Å². The fourth-order valence-corrected chi connectivity index (χ4v) is 3.26. The van der Waals surface area contributed by atoms with Gasteiger partial charge in [0.1, 0.15) is 17.9 Å². The summed E-state index contributed by atoms with van der Waals surface area (Å²) < 4.78 is 6.97. The van der Waals surface area contributed by atoms with Gasteiger partial charge in [-0.05, 0) is 37.1 Å². The third-order valence-electron chi connectivity index (χ3n) is 4.65. The number of nitrogens with zero attached hydrogens (tertiary/aromatic N) is 3. The summed E-state index contributed by atoms with van der Waals surface area (Å²) in [6.07, 6.45) is 2.66. The van der Waals surface area contributed by atoms with Crippen molar-refractivity contribution in [3.8, 4) is 5.75 Å². The van der Waals surface area contributed by atoms with Crippen LogP contribution in [0.1, 0.15) is 34.9 Å². The van der Waals surface area contributed by atoms with E-state index < -0.39 is 6.10 Å². The lowest BCUT2D eigenvalue weighted by molar-refractivity contribution is 0.0916. The summed E-state index contributed by atoms with van der Waals surface area (Å²) in [5.74, 6) is 1.65. The van der Waals surface area contributed by atoms with E-state index in [1.54, 1.807) is 37.7 Å². The maximum absolute atomic E-state index is 12.2. The van der Waals surface area contributed by atoms with Crippen LogP contribution in [0.25, 0.3) is 0 Å². The van der Waals surface area contributed by atoms with Gasteiger partial charge in [-0.15, -0.1) is 10.2 Å². The number of nitrogens with one attached hydrogen (secondary N) is 1. The molecule has 1 aliphatic carbocycles. The summed E-state index contributed by atoms with van der Waals surface area (Å²) in [6.45, 7) is 0.445. The largest absolute Gasteiger partial charge is 0.497 e. The van der Waals surface area contributed by atoms with Crippen LogP contribution in [0.3, 0.4) is 0 Å². The van der Waals surface area contributed by atoms with Gasteiger partial charge in [0, 0.05) is 31.0 Å². The second kappa shape index (κ2) is 7.00. The second-order valence-electron chi connectivity index (χ2n) is 6.23. The van der Waals surface area contributed by atoms with Crippen molar-refractivity contribution in [2.24, 2.45) is 13.0 Å². The van der Waals surface area contributed by atoms with Crippen molar-refractivity contribution in [1.82, 2.24) is 20.1 Å². The standard InChI is InChI=1S/C17H22N4O3/c1-21-10-19-20-16(21)12-7-13(15(22)8-12)9-18-17(23)11-3-5-14(24-2)6-4-11/h3-6,10,12-13,15,22H,7-9H2,1-2H3,(H,18,23)/t12-,13+,15+/m0/s1. The Kier molecular flexibility index (Phi) is 4.80. The Morgan fingerprint density at radius 3 is 2.75 bits per heavy atom. The van der Waals surface area contributed by atoms with Gasteiger partial charge in [0.25, 0.3) is 5.91 Å². The minimum absolute atomic E-state index is 0.0221. The molecule has 0 radical (unpaired) electrons. The van der Waals surface area contributed by atoms with Crippen LogP contribution in [0.2, 0.25) is 0 Å². The predicted molar refractivity (Wildman–Crippen MR) is 87.8 cm³/mol. The van der Waals surface area contributed by atoms with E-state index in [1.165, 1.54) is 0 Å². The SMILES string of the molecule is COc1ccc(C(=O)NC[C@H]2C[C@H](c3nncn3C)C[C@H]2O)cc1. The molecular weight excluding hydrogens is 308 g/mol. The maximum atomic E-state index is 12.2. The Balaban J connectivity index is 1.56. The normalized spacial score (nSPS) is 23.2. The van der Waals surface area contributed by atoms with Crippen LogP contribution in [-0.2, 0) is 7.05 Å². The first-order valence-corrected chi connectivity index (χ1v) is 8.02. The summed E-state index contributed by atoms with van der Waals surface area (Å²) in [6, 6.07) is 6.95. The van der Waals surface area contributed by atoms with E-state index in [4.69, 9.17) is 4.74 Å². The molecule has 3 atom stereocenters. The number of carbonyl (C=O) groups excluding carboxylic acids is 1. The molecule has 0 saturated heterocycles. The molecule has 1 aromatic heterocycles. The third kappa shape index (κ3) is 3.41. The number of aliphatic hydroxyl groups is 1. The van der Waals surface area contributed by atoms with E-state index in [0.717, 1.165) is 12.2 Å². The van der Waals surface area contributed by atoms with Crippen LogP contribution in [0.5, 0.6) is 5.75 Å². The first-order chi connectivity index (χ1) is 11.6. The molecule has 2 N–H and O–H groups in total. The highest BCUT2D eigenvalue weighted by atomic mass is 16.5. The zero-order valence-electron chi connectivity index (χ0n) is 13.8. The zero-order valence-corrected chi connectivity index (χ0v) is 13.8. The molecule has 1 aliphatic rings. The number of rotatable bonds is 5. The molecule has 7 heteroatoms. The van der Waals surface area contributed by atoms with E-state index in [2.05, 4.69) is 15.5 Å². The van der Waals surface area contributed by atoms with Crippen molar-refractivity contribution in [3.05, 3.63) is 42.0 Å². The molecule has 1 aromatic carbocycles. The van der Waals surface area contributed by atoms with E-state index in [9.17, 15) is 9.90 Å². The molecule has 2 aromatic rings. The zero-order chi connectivity index (χ0) is 17.1. The molecule has 1 saturated carbocycles. The highest BCUT2D eigenvalue weighted by Gasteiger charge is 2.36. The number of aromatic nitrogens is 3. The molecule has 0 spiro atoms. The van der Waals surface area contributed by atoms with Gasteiger partial charge in [0.05, 0.1) is 13.2 Å². The van der Waals surface area contributed by atoms with Gasteiger partial charge in [-0.1, -0.05) is 0 Å². The fraction of sp³-hybridized carbons (Fsp3) is 0.471. The molecule has 1 fully saturated rings. The molecule has 1 amide bonds.